The molecule has 0 aromatic heterocycles. The van der Waals surface area contributed by atoms with Crippen LogP contribution in [0.25, 0.3) is 0 Å². The van der Waals surface area contributed by atoms with Crippen molar-refractivity contribution in [2.75, 3.05) is 24.6 Å². The highest BCUT2D eigenvalue weighted by Crippen LogP contribution is 2.23. The first-order valence-corrected chi connectivity index (χ1v) is 9.47. The first kappa shape index (κ1) is 19.1. The van der Waals surface area contributed by atoms with Crippen LogP contribution in [0.4, 0.5) is 5.69 Å². The van der Waals surface area contributed by atoms with Gasteiger partial charge in [0.2, 0.25) is 11.8 Å². The van der Waals surface area contributed by atoms with E-state index in [0.29, 0.717) is 18.8 Å². The molecule has 7 heteroatoms. The van der Waals surface area contributed by atoms with Crippen molar-refractivity contribution in [3.8, 4) is 0 Å². The van der Waals surface area contributed by atoms with E-state index in [4.69, 9.17) is 4.74 Å². The predicted molar refractivity (Wildman–Crippen MR) is 98.1 cm³/mol. The Bertz CT molecular complexity index is 722. The van der Waals surface area contributed by atoms with Crippen LogP contribution in [0.15, 0.2) is 24.3 Å². The van der Waals surface area contributed by atoms with Crippen LogP contribution in [-0.2, 0) is 19.1 Å². The van der Waals surface area contributed by atoms with Gasteiger partial charge in [0.25, 0.3) is 5.91 Å². The number of benzene rings is 1. The topological polar surface area (TPSA) is 84.0 Å². The Morgan fingerprint density at radius 2 is 1.56 bits per heavy atom. The first-order valence-electron chi connectivity index (χ1n) is 9.47. The predicted octanol–water partition coefficient (Wildman–Crippen LogP) is 2.29. The molecular formula is C20H24N2O5. The van der Waals surface area contributed by atoms with E-state index in [9.17, 15) is 19.2 Å². The van der Waals surface area contributed by atoms with Crippen molar-refractivity contribution < 1.29 is 23.9 Å². The van der Waals surface area contributed by atoms with Crippen molar-refractivity contribution in [2.24, 2.45) is 0 Å². The number of esters is 1. The van der Waals surface area contributed by atoms with E-state index in [1.807, 2.05) is 0 Å². The van der Waals surface area contributed by atoms with Crippen LogP contribution < -0.4 is 4.90 Å². The van der Waals surface area contributed by atoms with E-state index in [2.05, 4.69) is 0 Å². The van der Waals surface area contributed by atoms with Gasteiger partial charge in [0.15, 0.2) is 6.61 Å². The van der Waals surface area contributed by atoms with Crippen molar-refractivity contribution in [2.45, 2.75) is 44.9 Å². The fourth-order valence-corrected chi connectivity index (χ4v) is 3.44. The summed E-state index contributed by atoms with van der Waals surface area (Å²) in [5, 5.41) is 0. The van der Waals surface area contributed by atoms with Gasteiger partial charge in [0, 0.05) is 25.9 Å². The van der Waals surface area contributed by atoms with Gasteiger partial charge in [-0.05, 0) is 31.0 Å². The van der Waals surface area contributed by atoms with Gasteiger partial charge in [-0.15, -0.1) is 0 Å². The van der Waals surface area contributed by atoms with Crippen LogP contribution in [0, 0.1) is 0 Å². The number of ether oxygens (including phenoxy) is 1. The summed E-state index contributed by atoms with van der Waals surface area (Å²) in [4.78, 5) is 51.2. The van der Waals surface area contributed by atoms with Gasteiger partial charge in [-0.2, -0.15) is 0 Å². The monoisotopic (exact) mass is 372 g/mol. The van der Waals surface area contributed by atoms with Gasteiger partial charge in [-0.25, -0.2) is 4.79 Å². The fraction of sp³-hybridized carbons (Fsp3) is 0.500. The molecule has 0 radical (unpaired) electrons. The molecule has 2 aliphatic heterocycles. The second-order valence-electron chi connectivity index (χ2n) is 6.90. The van der Waals surface area contributed by atoms with Crippen LogP contribution in [0.1, 0.15) is 55.3 Å². The summed E-state index contributed by atoms with van der Waals surface area (Å²) >= 11 is 0. The maximum atomic E-state index is 12.3. The van der Waals surface area contributed by atoms with Crippen LogP contribution in [-0.4, -0.2) is 48.3 Å². The maximum absolute atomic E-state index is 12.3. The average molecular weight is 372 g/mol. The molecule has 144 valence electrons. The third-order valence-corrected chi connectivity index (χ3v) is 4.93. The highest BCUT2D eigenvalue weighted by molar-refractivity contribution is 6.20. The third kappa shape index (κ3) is 4.72. The number of likely N-dealkylation sites (tertiary alicyclic amines) is 1. The Balaban J connectivity index is 1.59. The van der Waals surface area contributed by atoms with E-state index >= 15 is 0 Å². The molecule has 0 atom stereocenters. The van der Waals surface area contributed by atoms with Gasteiger partial charge in [0.05, 0.1) is 11.3 Å². The number of imide groups is 1. The van der Waals surface area contributed by atoms with E-state index in [1.54, 1.807) is 17.0 Å². The summed E-state index contributed by atoms with van der Waals surface area (Å²) in [6, 6.07) is 6.18. The molecule has 2 aliphatic rings. The summed E-state index contributed by atoms with van der Waals surface area (Å²) in [7, 11) is 0. The summed E-state index contributed by atoms with van der Waals surface area (Å²) in [6.45, 7) is 1.10. The van der Waals surface area contributed by atoms with E-state index in [0.717, 1.165) is 30.6 Å². The zero-order chi connectivity index (χ0) is 19.2. The number of anilines is 1. The summed E-state index contributed by atoms with van der Waals surface area (Å²) in [5.74, 6) is -1.39. The minimum atomic E-state index is -0.642. The highest BCUT2D eigenvalue weighted by atomic mass is 16.5. The number of amides is 3. The Kier molecular flexibility index (Phi) is 6.21. The lowest BCUT2D eigenvalue weighted by atomic mass is 10.1. The van der Waals surface area contributed by atoms with Crippen LogP contribution in [0.2, 0.25) is 0 Å². The van der Waals surface area contributed by atoms with Crippen molar-refractivity contribution in [3.05, 3.63) is 29.8 Å². The van der Waals surface area contributed by atoms with Crippen LogP contribution in [0.3, 0.4) is 0 Å². The third-order valence-electron chi connectivity index (χ3n) is 4.93. The smallest absolute Gasteiger partial charge is 0.338 e. The van der Waals surface area contributed by atoms with Crippen molar-refractivity contribution >= 4 is 29.4 Å². The van der Waals surface area contributed by atoms with Gasteiger partial charge < -0.3 is 9.64 Å². The molecule has 3 rings (SSSR count). The molecule has 3 amide bonds. The summed E-state index contributed by atoms with van der Waals surface area (Å²) < 4.78 is 5.17. The molecule has 0 N–H and O–H groups in total. The second kappa shape index (κ2) is 8.79. The zero-order valence-electron chi connectivity index (χ0n) is 15.3. The molecule has 0 saturated carbocycles. The van der Waals surface area contributed by atoms with Crippen LogP contribution in [0.5, 0.6) is 0 Å². The largest absolute Gasteiger partial charge is 0.452 e. The van der Waals surface area contributed by atoms with Crippen molar-refractivity contribution in [1.29, 1.82) is 0 Å². The molecule has 2 saturated heterocycles. The normalized spacial score (nSPS) is 18.2. The molecule has 0 spiro atoms. The SMILES string of the molecule is O=C(OCC(=O)N1CCCCCCC1)c1cccc(N2C(=O)CCC2=O)c1. The first-order chi connectivity index (χ1) is 13.1. The van der Waals surface area contributed by atoms with Gasteiger partial charge >= 0.3 is 5.97 Å². The Morgan fingerprint density at radius 1 is 0.926 bits per heavy atom. The molecule has 1 aromatic carbocycles. The zero-order valence-corrected chi connectivity index (χ0v) is 15.3. The average Bonchev–Trinajstić information content (AvgIpc) is 2.97. The minimum Gasteiger partial charge on any atom is -0.452 e. The molecule has 7 nitrogen and oxygen atoms in total. The molecule has 2 fully saturated rings. The van der Waals surface area contributed by atoms with Crippen molar-refractivity contribution in [1.82, 2.24) is 4.90 Å². The lowest BCUT2D eigenvalue weighted by Crippen LogP contribution is -2.37. The molecule has 1 aromatic rings. The summed E-state index contributed by atoms with van der Waals surface area (Å²) in [6.07, 6.45) is 5.74. The summed E-state index contributed by atoms with van der Waals surface area (Å²) in [5.41, 5.74) is 0.563. The van der Waals surface area contributed by atoms with E-state index in [1.165, 1.54) is 18.6 Å². The molecule has 0 unspecified atom stereocenters. The molecular weight excluding hydrogens is 348 g/mol. The quantitative estimate of drug-likeness (QED) is 0.598. The standard InChI is InChI=1S/C20H24N2O5/c23-17-9-10-18(24)22(17)16-8-6-7-15(13-16)20(26)27-14-19(25)21-11-4-2-1-3-5-12-21/h6-8,13H,1-5,9-12,14H2. The number of rotatable bonds is 4. The number of carbonyl (C=O) groups is 4. The minimum absolute atomic E-state index is 0.178. The molecule has 0 bridgehead atoms. The lowest BCUT2D eigenvalue weighted by Gasteiger charge is -2.24. The van der Waals surface area contributed by atoms with Gasteiger partial charge in [0.1, 0.15) is 0 Å². The Labute approximate surface area is 158 Å². The fourth-order valence-electron chi connectivity index (χ4n) is 3.44. The van der Waals surface area contributed by atoms with Crippen molar-refractivity contribution in [3.63, 3.8) is 0 Å². The highest BCUT2D eigenvalue weighted by Gasteiger charge is 2.30. The lowest BCUT2D eigenvalue weighted by molar-refractivity contribution is -0.134. The Morgan fingerprint density at radius 3 is 2.22 bits per heavy atom. The van der Waals surface area contributed by atoms with E-state index in [-0.39, 0.29) is 42.7 Å². The number of carbonyl (C=O) groups excluding carboxylic acids is 4. The Hall–Kier alpha value is -2.70. The number of hydrogen-bond acceptors (Lipinski definition) is 5. The van der Waals surface area contributed by atoms with Gasteiger partial charge in [-0.3, -0.25) is 19.3 Å². The number of hydrogen-bond donors (Lipinski definition) is 0. The molecule has 27 heavy (non-hydrogen) atoms. The molecule has 0 aliphatic carbocycles. The number of nitrogens with zero attached hydrogens (tertiary/aromatic N) is 2. The van der Waals surface area contributed by atoms with E-state index < -0.39 is 5.97 Å². The van der Waals surface area contributed by atoms with Crippen LogP contribution >= 0.6 is 0 Å². The van der Waals surface area contributed by atoms with Gasteiger partial charge in [-0.1, -0.05) is 25.3 Å². The molecule has 2 heterocycles. The second-order valence-corrected chi connectivity index (χ2v) is 6.90. The maximum Gasteiger partial charge on any atom is 0.338 e.